The van der Waals surface area contributed by atoms with Crippen molar-refractivity contribution in [2.45, 2.75) is 32.2 Å². The fourth-order valence-corrected chi connectivity index (χ4v) is 5.13. The summed E-state index contributed by atoms with van der Waals surface area (Å²) >= 11 is 5.71. The van der Waals surface area contributed by atoms with Crippen molar-refractivity contribution in [2.24, 2.45) is 0 Å². The van der Waals surface area contributed by atoms with Gasteiger partial charge in [0.1, 0.15) is 0 Å². The van der Waals surface area contributed by atoms with Gasteiger partial charge in [0.15, 0.2) is 0 Å². The van der Waals surface area contributed by atoms with Gasteiger partial charge in [-0.15, -0.1) is 0 Å². The van der Waals surface area contributed by atoms with Gasteiger partial charge in [-0.05, 0) is 0 Å². The molecule has 3 rings (SSSR count). The van der Waals surface area contributed by atoms with Gasteiger partial charge in [0.05, 0.1) is 0 Å². The second kappa shape index (κ2) is 7.31. The van der Waals surface area contributed by atoms with E-state index in [0.29, 0.717) is 5.02 Å². The third-order valence-electron chi connectivity index (χ3n) is 4.48. The molecule has 0 amide bonds. The van der Waals surface area contributed by atoms with Crippen LogP contribution in [0.3, 0.4) is 0 Å². The van der Waals surface area contributed by atoms with Crippen molar-refractivity contribution in [2.75, 3.05) is 0 Å². The number of benzene rings is 2. The third-order valence-corrected chi connectivity index (χ3v) is 6.39. The first-order valence-corrected chi connectivity index (χ1v) is 10.1. The molecule has 1 aromatic heterocycles. The molecule has 2 aromatic carbocycles. The zero-order valence-electron chi connectivity index (χ0n) is 14.6. The quantitative estimate of drug-likeness (QED) is 0.340. The van der Waals surface area contributed by atoms with Crippen LogP contribution < -0.4 is 0 Å². The maximum atomic E-state index is 11.9. The Bertz CT molecular complexity index is 921. The minimum atomic E-state index is -1.18. The summed E-state index contributed by atoms with van der Waals surface area (Å²) in [5.41, 5.74) is 2.45. The summed E-state index contributed by atoms with van der Waals surface area (Å²) < 4.78 is 5.16. The van der Waals surface area contributed by atoms with Crippen molar-refractivity contribution in [3.63, 3.8) is 0 Å². The summed E-state index contributed by atoms with van der Waals surface area (Å²) in [6.45, 7) is 5.33. The summed E-state index contributed by atoms with van der Waals surface area (Å²) in [7, 11) is 0. The van der Waals surface area contributed by atoms with Gasteiger partial charge in [-0.25, -0.2) is 0 Å². The summed E-state index contributed by atoms with van der Waals surface area (Å²) in [6.07, 6.45) is 0. The van der Waals surface area contributed by atoms with E-state index in [2.05, 4.69) is 9.19 Å². The number of aryl methyl sites for hydroxylation is 1. The van der Waals surface area contributed by atoms with E-state index in [9.17, 15) is 10.1 Å². The van der Waals surface area contributed by atoms with Crippen LogP contribution in [0.1, 0.15) is 35.3 Å². The Hall–Kier alpha value is -2.01. The molecule has 7 heteroatoms. The van der Waals surface area contributed by atoms with E-state index < -0.39 is 11.5 Å². The monoisotopic (exact) mass is 435 g/mol. The predicted molar refractivity (Wildman–Crippen MR) is 104 cm³/mol. The second-order valence-electron chi connectivity index (χ2n) is 6.75. The molecule has 0 aliphatic rings. The molecule has 26 heavy (non-hydrogen) atoms. The average molecular weight is 435 g/mol. The standard InChI is InChI=1S/C19H18ClN3O2Se/c1-12-4-6-13(7-5-12)16(19(2,3)23(24)25)18-17(21-22-26-18)14-8-10-15(20)11-9-14/h4-11,16H,1-3H3/t16-/m1/s1. The molecule has 0 N–H and O–H groups in total. The molecule has 134 valence electrons. The Morgan fingerprint density at radius 3 is 2.31 bits per heavy atom. The van der Waals surface area contributed by atoms with E-state index in [1.165, 1.54) is 0 Å². The number of rotatable bonds is 5. The average Bonchev–Trinajstić information content (AvgIpc) is 3.06. The summed E-state index contributed by atoms with van der Waals surface area (Å²) in [5.74, 6) is -0.404. The SMILES string of the molecule is Cc1ccc([C@H](c2[se]nnc2-c2ccc(Cl)cc2)C(C)(C)[N+](=O)[O-])cc1. The molecular weight excluding hydrogens is 417 g/mol. The topological polar surface area (TPSA) is 68.9 Å². The van der Waals surface area contributed by atoms with E-state index in [1.807, 2.05) is 43.3 Å². The molecule has 3 aromatic rings. The number of hydrogen-bond acceptors (Lipinski definition) is 4. The predicted octanol–water partition coefficient (Wildman–Crippen LogP) is 4.35. The molecule has 0 fully saturated rings. The van der Waals surface area contributed by atoms with Crippen molar-refractivity contribution >= 4 is 26.3 Å². The molecule has 0 radical (unpaired) electrons. The number of halogens is 1. The maximum absolute atomic E-state index is 11.9. The van der Waals surface area contributed by atoms with Crippen molar-refractivity contribution in [3.05, 3.63) is 79.2 Å². The first-order valence-electron chi connectivity index (χ1n) is 8.10. The number of hydrogen-bond donors (Lipinski definition) is 0. The molecule has 0 unspecified atom stereocenters. The van der Waals surface area contributed by atoms with Crippen LogP contribution in [0.2, 0.25) is 5.02 Å². The Balaban J connectivity index is 2.18. The zero-order valence-corrected chi connectivity index (χ0v) is 17.1. The molecule has 1 heterocycles. The molecule has 0 spiro atoms. The van der Waals surface area contributed by atoms with Gasteiger partial charge in [-0.2, -0.15) is 0 Å². The van der Waals surface area contributed by atoms with E-state index >= 15 is 0 Å². The van der Waals surface area contributed by atoms with E-state index in [-0.39, 0.29) is 19.7 Å². The van der Waals surface area contributed by atoms with E-state index in [0.717, 1.165) is 26.8 Å². The first kappa shape index (κ1) is 18.8. The van der Waals surface area contributed by atoms with Gasteiger partial charge in [0.25, 0.3) is 0 Å². The Kier molecular flexibility index (Phi) is 5.28. The summed E-state index contributed by atoms with van der Waals surface area (Å²) in [5, 5.41) is 16.8. The molecule has 5 nitrogen and oxygen atoms in total. The second-order valence-corrected chi connectivity index (χ2v) is 8.83. The molecule has 1 atom stereocenters. The van der Waals surface area contributed by atoms with Crippen molar-refractivity contribution in [1.82, 2.24) is 9.19 Å². The van der Waals surface area contributed by atoms with Crippen LogP contribution in [-0.4, -0.2) is 34.4 Å². The minimum absolute atomic E-state index is 0.210. The fourth-order valence-electron chi connectivity index (χ4n) is 2.94. The van der Waals surface area contributed by atoms with Crippen molar-refractivity contribution < 1.29 is 4.92 Å². The van der Waals surface area contributed by atoms with Gasteiger partial charge in [0.2, 0.25) is 0 Å². The van der Waals surface area contributed by atoms with Gasteiger partial charge in [0, 0.05) is 0 Å². The van der Waals surface area contributed by atoms with Crippen molar-refractivity contribution in [3.8, 4) is 11.3 Å². The number of nitrogens with zero attached hydrogens (tertiary/aromatic N) is 3. The van der Waals surface area contributed by atoms with Crippen LogP contribution in [0.15, 0.2) is 48.5 Å². The summed E-state index contributed by atoms with van der Waals surface area (Å²) in [6, 6.07) is 15.2. The molecular formula is C19H18ClN3O2Se. The van der Waals surface area contributed by atoms with Crippen LogP contribution in [0.4, 0.5) is 0 Å². The van der Waals surface area contributed by atoms with E-state index in [4.69, 9.17) is 11.6 Å². The van der Waals surface area contributed by atoms with Crippen LogP contribution >= 0.6 is 11.6 Å². The van der Waals surface area contributed by atoms with Gasteiger partial charge < -0.3 is 0 Å². The normalized spacial score (nSPS) is 12.8. The van der Waals surface area contributed by atoms with Crippen LogP contribution in [0.25, 0.3) is 11.3 Å². The Morgan fingerprint density at radius 1 is 1.12 bits per heavy atom. The Labute approximate surface area is 163 Å². The Morgan fingerprint density at radius 2 is 1.73 bits per heavy atom. The summed E-state index contributed by atoms with van der Waals surface area (Å²) in [4.78, 5) is 11.6. The molecule has 0 aliphatic heterocycles. The van der Waals surface area contributed by atoms with Gasteiger partial charge in [-0.1, -0.05) is 0 Å². The number of aromatic nitrogens is 2. The first-order chi connectivity index (χ1) is 12.3. The van der Waals surface area contributed by atoms with Crippen LogP contribution in [0, 0.1) is 17.0 Å². The fraction of sp³-hybridized carbons (Fsp3) is 0.263. The van der Waals surface area contributed by atoms with E-state index in [1.54, 1.807) is 26.0 Å². The molecule has 0 saturated carbocycles. The zero-order chi connectivity index (χ0) is 18.9. The molecule has 0 aliphatic carbocycles. The number of nitro groups is 1. The molecule has 0 saturated heterocycles. The van der Waals surface area contributed by atoms with Crippen LogP contribution in [-0.2, 0) is 0 Å². The van der Waals surface area contributed by atoms with Crippen molar-refractivity contribution in [1.29, 1.82) is 0 Å². The van der Waals surface area contributed by atoms with Gasteiger partial charge >= 0.3 is 163 Å². The van der Waals surface area contributed by atoms with Gasteiger partial charge in [-0.3, -0.25) is 0 Å². The molecule has 0 bridgehead atoms. The third kappa shape index (κ3) is 3.58. The van der Waals surface area contributed by atoms with Crippen LogP contribution in [0.5, 0.6) is 0 Å².